The van der Waals surface area contributed by atoms with Gasteiger partial charge in [-0.25, -0.2) is 9.97 Å². The van der Waals surface area contributed by atoms with E-state index < -0.39 is 0 Å². The van der Waals surface area contributed by atoms with Crippen molar-refractivity contribution in [1.82, 2.24) is 9.97 Å². The van der Waals surface area contributed by atoms with Gasteiger partial charge in [0.25, 0.3) is 0 Å². The quantitative estimate of drug-likeness (QED) is 0.637. The number of aromatic nitrogens is 2. The molecule has 1 N–H and O–H groups in total. The highest BCUT2D eigenvalue weighted by Gasteiger charge is 2.01. The van der Waals surface area contributed by atoms with Gasteiger partial charge in [0.15, 0.2) is 0 Å². The fourth-order valence-electron chi connectivity index (χ4n) is 1.19. The summed E-state index contributed by atoms with van der Waals surface area (Å²) >= 11 is 0. The number of aryl methyl sites for hydroxylation is 1. The van der Waals surface area contributed by atoms with E-state index >= 15 is 0 Å². The van der Waals surface area contributed by atoms with E-state index in [1.807, 2.05) is 13.0 Å². The van der Waals surface area contributed by atoms with Gasteiger partial charge in [-0.3, -0.25) is 0 Å². The number of fused-ring (bicyclic) bond motifs is 1. The number of rotatable bonds is 0. The highest BCUT2D eigenvalue weighted by atomic mass is 16.3. The minimum absolute atomic E-state index is 0.206. The number of hydrogen-bond donors (Lipinski definition) is 1. The lowest BCUT2D eigenvalue weighted by molar-refractivity contribution is 0.480. The lowest BCUT2D eigenvalue weighted by Gasteiger charge is -2.00. The zero-order valence-corrected chi connectivity index (χ0v) is 6.65. The summed E-state index contributed by atoms with van der Waals surface area (Å²) in [5.74, 6) is 0.206. The molecule has 0 radical (unpaired) electrons. The van der Waals surface area contributed by atoms with Gasteiger partial charge in [0.2, 0.25) is 0 Å². The van der Waals surface area contributed by atoms with E-state index in [-0.39, 0.29) is 5.75 Å². The molecule has 0 atom stereocenters. The summed E-state index contributed by atoms with van der Waals surface area (Å²) in [4.78, 5) is 7.87. The standard InChI is InChI=1S/C9H8N2O/c1-6-2-3-8(12)9-7(6)4-10-5-11-9/h2-5,12H,1H3. The Morgan fingerprint density at radius 2 is 2.17 bits per heavy atom. The van der Waals surface area contributed by atoms with Crippen molar-refractivity contribution in [2.75, 3.05) is 0 Å². The predicted molar refractivity (Wildman–Crippen MR) is 45.9 cm³/mol. The SMILES string of the molecule is Cc1ccc(O)c2ncncc12. The van der Waals surface area contributed by atoms with E-state index in [4.69, 9.17) is 0 Å². The zero-order valence-electron chi connectivity index (χ0n) is 6.65. The Kier molecular flexibility index (Phi) is 1.43. The smallest absolute Gasteiger partial charge is 0.141 e. The van der Waals surface area contributed by atoms with Gasteiger partial charge in [-0.15, -0.1) is 0 Å². The van der Waals surface area contributed by atoms with Gasteiger partial charge >= 0.3 is 0 Å². The molecule has 2 rings (SSSR count). The van der Waals surface area contributed by atoms with Crippen LogP contribution in [0.15, 0.2) is 24.7 Å². The number of nitrogens with zero attached hydrogens (tertiary/aromatic N) is 2. The van der Waals surface area contributed by atoms with Crippen LogP contribution in [-0.4, -0.2) is 15.1 Å². The number of aromatic hydroxyl groups is 1. The van der Waals surface area contributed by atoms with Crippen molar-refractivity contribution >= 4 is 10.9 Å². The van der Waals surface area contributed by atoms with Crippen molar-refractivity contribution in [3.8, 4) is 5.75 Å². The Bertz CT molecular complexity index is 385. The fourth-order valence-corrected chi connectivity index (χ4v) is 1.19. The number of phenols is 1. The normalized spacial score (nSPS) is 10.4. The molecule has 2 aromatic rings. The minimum atomic E-state index is 0.206. The van der Waals surface area contributed by atoms with E-state index in [9.17, 15) is 5.11 Å². The Hall–Kier alpha value is -1.64. The maximum atomic E-state index is 9.41. The van der Waals surface area contributed by atoms with Crippen LogP contribution in [0.2, 0.25) is 0 Å². The topological polar surface area (TPSA) is 46.0 Å². The van der Waals surface area contributed by atoms with Crippen LogP contribution in [0.5, 0.6) is 5.75 Å². The minimum Gasteiger partial charge on any atom is -0.506 e. The summed E-state index contributed by atoms with van der Waals surface area (Å²) in [6.07, 6.45) is 3.14. The van der Waals surface area contributed by atoms with Gasteiger partial charge < -0.3 is 5.11 Å². The maximum absolute atomic E-state index is 9.41. The van der Waals surface area contributed by atoms with Gasteiger partial charge in [-0.1, -0.05) is 6.07 Å². The van der Waals surface area contributed by atoms with E-state index in [1.165, 1.54) is 6.33 Å². The third-order valence-electron chi connectivity index (χ3n) is 1.87. The van der Waals surface area contributed by atoms with Gasteiger partial charge in [0.1, 0.15) is 17.6 Å². The first-order valence-electron chi connectivity index (χ1n) is 3.67. The molecular formula is C9H8N2O. The van der Waals surface area contributed by atoms with E-state index in [0.29, 0.717) is 5.52 Å². The van der Waals surface area contributed by atoms with Crippen molar-refractivity contribution in [3.05, 3.63) is 30.2 Å². The number of hydrogen-bond acceptors (Lipinski definition) is 3. The molecule has 3 nitrogen and oxygen atoms in total. The summed E-state index contributed by atoms with van der Waals surface area (Å²) in [6, 6.07) is 3.49. The summed E-state index contributed by atoms with van der Waals surface area (Å²) in [5.41, 5.74) is 1.69. The molecule has 0 aliphatic carbocycles. The molecule has 0 aliphatic heterocycles. The van der Waals surface area contributed by atoms with Crippen molar-refractivity contribution < 1.29 is 5.11 Å². The molecule has 3 heteroatoms. The summed E-state index contributed by atoms with van der Waals surface area (Å²) in [6.45, 7) is 1.96. The van der Waals surface area contributed by atoms with Crippen LogP contribution in [0.3, 0.4) is 0 Å². The van der Waals surface area contributed by atoms with Crippen molar-refractivity contribution in [1.29, 1.82) is 0 Å². The Morgan fingerprint density at radius 1 is 1.33 bits per heavy atom. The molecule has 0 fully saturated rings. The lowest BCUT2D eigenvalue weighted by Crippen LogP contribution is -1.84. The zero-order chi connectivity index (χ0) is 8.55. The second kappa shape index (κ2) is 2.44. The molecule has 0 unspecified atom stereocenters. The maximum Gasteiger partial charge on any atom is 0.141 e. The lowest BCUT2D eigenvalue weighted by atomic mass is 10.1. The molecule has 0 saturated heterocycles. The molecule has 1 aromatic carbocycles. The highest BCUT2D eigenvalue weighted by Crippen LogP contribution is 2.23. The summed E-state index contributed by atoms with van der Waals surface area (Å²) < 4.78 is 0. The molecular weight excluding hydrogens is 152 g/mol. The highest BCUT2D eigenvalue weighted by molar-refractivity contribution is 5.86. The number of phenolic OH excluding ortho intramolecular Hbond substituents is 1. The van der Waals surface area contributed by atoms with E-state index in [1.54, 1.807) is 12.3 Å². The first kappa shape index (κ1) is 7.03. The average molecular weight is 160 g/mol. The Morgan fingerprint density at radius 3 is 2.92 bits per heavy atom. The van der Waals surface area contributed by atoms with Gasteiger partial charge in [0, 0.05) is 11.6 Å². The molecule has 0 bridgehead atoms. The number of benzene rings is 1. The first-order valence-corrected chi connectivity index (χ1v) is 3.67. The third kappa shape index (κ3) is 0.906. The second-order valence-corrected chi connectivity index (χ2v) is 2.69. The fraction of sp³-hybridized carbons (Fsp3) is 0.111. The van der Waals surface area contributed by atoms with Crippen LogP contribution in [0.25, 0.3) is 10.9 Å². The van der Waals surface area contributed by atoms with Crippen molar-refractivity contribution in [2.24, 2.45) is 0 Å². The van der Waals surface area contributed by atoms with Gasteiger partial charge in [0.05, 0.1) is 0 Å². The third-order valence-corrected chi connectivity index (χ3v) is 1.87. The average Bonchev–Trinajstić information content (AvgIpc) is 2.12. The Labute approximate surface area is 69.7 Å². The second-order valence-electron chi connectivity index (χ2n) is 2.69. The van der Waals surface area contributed by atoms with Crippen molar-refractivity contribution in [2.45, 2.75) is 6.92 Å². The van der Waals surface area contributed by atoms with Crippen LogP contribution in [-0.2, 0) is 0 Å². The molecule has 0 amide bonds. The Balaban J connectivity index is 2.95. The largest absolute Gasteiger partial charge is 0.506 e. The molecule has 1 aromatic heterocycles. The first-order chi connectivity index (χ1) is 5.79. The molecule has 1 heterocycles. The van der Waals surface area contributed by atoms with Crippen LogP contribution in [0.1, 0.15) is 5.56 Å². The van der Waals surface area contributed by atoms with Crippen LogP contribution in [0.4, 0.5) is 0 Å². The van der Waals surface area contributed by atoms with Crippen LogP contribution >= 0.6 is 0 Å². The van der Waals surface area contributed by atoms with Gasteiger partial charge in [-0.05, 0) is 18.6 Å². The molecule has 60 valence electrons. The van der Waals surface area contributed by atoms with Crippen LogP contribution in [0, 0.1) is 6.92 Å². The van der Waals surface area contributed by atoms with Crippen LogP contribution < -0.4 is 0 Å². The molecule has 0 spiro atoms. The molecule has 0 aliphatic rings. The van der Waals surface area contributed by atoms with Crippen molar-refractivity contribution in [3.63, 3.8) is 0 Å². The molecule has 0 saturated carbocycles. The summed E-state index contributed by atoms with van der Waals surface area (Å²) in [7, 11) is 0. The molecule has 12 heavy (non-hydrogen) atoms. The monoisotopic (exact) mass is 160 g/mol. The van der Waals surface area contributed by atoms with E-state index in [0.717, 1.165) is 10.9 Å². The predicted octanol–water partition coefficient (Wildman–Crippen LogP) is 1.64. The summed E-state index contributed by atoms with van der Waals surface area (Å²) in [5, 5.41) is 10.3. The van der Waals surface area contributed by atoms with Gasteiger partial charge in [-0.2, -0.15) is 0 Å². The van der Waals surface area contributed by atoms with E-state index in [2.05, 4.69) is 9.97 Å².